The molecule has 0 unspecified atom stereocenters. The van der Waals surface area contributed by atoms with Crippen LogP contribution in [0.5, 0.6) is 0 Å². The molecule has 0 radical (unpaired) electrons. The van der Waals surface area contributed by atoms with Crippen molar-refractivity contribution in [3.63, 3.8) is 0 Å². The van der Waals surface area contributed by atoms with Crippen molar-refractivity contribution in [2.45, 2.75) is 39.2 Å². The van der Waals surface area contributed by atoms with Crippen LogP contribution in [-0.4, -0.2) is 27.6 Å². The maximum atomic E-state index is 13.0. The van der Waals surface area contributed by atoms with Gasteiger partial charge in [0.15, 0.2) is 0 Å². The number of rotatable bonds is 3. The van der Waals surface area contributed by atoms with Crippen LogP contribution in [0.3, 0.4) is 0 Å². The fourth-order valence-corrected chi connectivity index (χ4v) is 3.75. The highest BCUT2D eigenvalue weighted by Gasteiger charge is 2.32. The number of urea groups is 1. The summed E-state index contributed by atoms with van der Waals surface area (Å²) in [6, 6.07) is 12.8. The molecule has 1 fully saturated rings. The van der Waals surface area contributed by atoms with Crippen LogP contribution in [0.25, 0.3) is 11.4 Å². The molecule has 2 aromatic carbocycles. The summed E-state index contributed by atoms with van der Waals surface area (Å²) in [4.78, 5) is 19.3. The smallest absolute Gasteiger partial charge is 0.322 e. The number of piperidine rings is 1. The Balaban J connectivity index is 1.54. The monoisotopic (exact) mass is 410 g/mol. The molecule has 0 saturated carbocycles. The second kappa shape index (κ2) is 8.25. The Bertz CT molecular complexity index is 1030. The van der Waals surface area contributed by atoms with E-state index in [1.165, 1.54) is 5.56 Å². The van der Waals surface area contributed by atoms with Gasteiger partial charge >= 0.3 is 6.03 Å². The van der Waals surface area contributed by atoms with Crippen LogP contribution in [0.15, 0.2) is 47.0 Å². The molecule has 29 heavy (non-hydrogen) atoms. The Kier molecular flexibility index (Phi) is 5.53. The van der Waals surface area contributed by atoms with E-state index in [0.29, 0.717) is 23.3 Å². The molecule has 1 saturated heterocycles. The van der Waals surface area contributed by atoms with Crippen molar-refractivity contribution in [1.29, 1.82) is 0 Å². The minimum Gasteiger partial charge on any atom is -0.337 e. The van der Waals surface area contributed by atoms with Crippen LogP contribution in [-0.2, 0) is 0 Å². The largest absolute Gasteiger partial charge is 0.337 e. The summed E-state index contributed by atoms with van der Waals surface area (Å²) in [5.41, 5.74) is 3.90. The summed E-state index contributed by atoms with van der Waals surface area (Å²) in [7, 11) is 0. The zero-order chi connectivity index (χ0) is 20.4. The molecule has 0 spiro atoms. The molecule has 6 nitrogen and oxygen atoms in total. The molecule has 3 aromatic rings. The minimum atomic E-state index is -0.240. The van der Waals surface area contributed by atoms with E-state index in [1.54, 1.807) is 17.0 Å². The molecule has 2 heterocycles. The lowest BCUT2D eigenvalue weighted by molar-refractivity contribution is 0.142. The number of carbonyl (C=O) groups is 1. The topological polar surface area (TPSA) is 71.3 Å². The lowest BCUT2D eigenvalue weighted by Crippen LogP contribution is -2.41. The van der Waals surface area contributed by atoms with Crippen molar-refractivity contribution < 1.29 is 9.32 Å². The van der Waals surface area contributed by atoms with Crippen molar-refractivity contribution >= 4 is 23.3 Å². The Labute approximate surface area is 174 Å². The van der Waals surface area contributed by atoms with E-state index >= 15 is 0 Å². The number of nitrogens with one attached hydrogen (secondary N) is 1. The van der Waals surface area contributed by atoms with E-state index < -0.39 is 0 Å². The molecular formula is C22H23ClN4O2. The van der Waals surface area contributed by atoms with E-state index in [9.17, 15) is 4.79 Å². The molecule has 1 atom stereocenters. The summed E-state index contributed by atoms with van der Waals surface area (Å²) >= 11 is 6.07. The number of likely N-dealkylation sites (tertiary alicyclic amines) is 1. The van der Waals surface area contributed by atoms with Crippen LogP contribution in [0.1, 0.15) is 42.3 Å². The van der Waals surface area contributed by atoms with Crippen molar-refractivity contribution in [2.24, 2.45) is 0 Å². The minimum absolute atomic E-state index is 0.152. The number of nitrogens with zero attached hydrogens (tertiary/aromatic N) is 3. The van der Waals surface area contributed by atoms with Crippen molar-refractivity contribution in [3.8, 4) is 11.4 Å². The number of halogens is 1. The Hall–Kier alpha value is -2.86. The van der Waals surface area contributed by atoms with E-state index in [1.807, 2.05) is 37.3 Å². The molecule has 0 aliphatic carbocycles. The van der Waals surface area contributed by atoms with Gasteiger partial charge in [-0.1, -0.05) is 35.0 Å². The molecule has 1 aliphatic heterocycles. The van der Waals surface area contributed by atoms with Gasteiger partial charge in [-0.2, -0.15) is 4.98 Å². The van der Waals surface area contributed by atoms with Gasteiger partial charge in [0.2, 0.25) is 11.7 Å². The maximum absolute atomic E-state index is 13.0. The molecule has 7 heteroatoms. The molecular weight excluding hydrogens is 388 g/mol. The SMILES string of the molecule is Cc1ccc(NC(=O)N2CCCC[C@H]2c2nc(-c3cccc(Cl)c3)no2)cc1C. The van der Waals surface area contributed by atoms with E-state index in [4.69, 9.17) is 16.1 Å². The number of aryl methyl sites for hydroxylation is 2. The number of aromatic nitrogens is 2. The summed E-state index contributed by atoms with van der Waals surface area (Å²) in [5, 5.41) is 7.72. The molecule has 1 aromatic heterocycles. The zero-order valence-electron chi connectivity index (χ0n) is 16.5. The second-order valence-electron chi connectivity index (χ2n) is 7.40. The van der Waals surface area contributed by atoms with Gasteiger partial charge < -0.3 is 14.7 Å². The lowest BCUT2D eigenvalue weighted by atomic mass is 10.0. The molecule has 150 valence electrons. The number of hydrogen-bond donors (Lipinski definition) is 1. The second-order valence-corrected chi connectivity index (χ2v) is 7.84. The number of hydrogen-bond acceptors (Lipinski definition) is 4. The predicted octanol–water partition coefficient (Wildman–Crippen LogP) is 5.77. The summed E-state index contributed by atoms with van der Waals surface area (Å²) in [6.07, 6.45) is 2.75. The van der Waals surface area contributed by atoms with Gasteiger partial charge in [-0.15, -0.1) is 0 Å². The normalized spacial score (nSPS) is 16.7. The average molecular weight is 411 g/mol. The van der Waals surface area contributed by atoms with E-state index in [0.717, 1.165) is 36.1 Å². The third kappa shape index (κ3) is 4.27. The third-order valence-electron chi connectivity index (χ3n) is 5.33. The number of carbonyl (C=O) groups excluding carboxylic acids is 1. The Morgan fingerprint density at radius 2 is 2.03 bits per heavy atom. The first-order valence-electron chi connectivity index (χ1n) is 9.75. The molecule has 4 rings (SSSR count). The summed E-state index contributed by atoms with van der Waals surface area (Å²) < 4.78 is 5.54. The van der Waals surface area contributed by atoms with Gasteiger partial charge in [-0.3, -0.25) is 0 Å². The first-order valence-corrected chi connectivity index (χ1v) is 10.1. The Morgan fingerprint density at radius 3 is 2.83 bits per heavy atom. The number of anilines is 1. The Morgan fingerprint density at radius 1 is 1.17 bits per heavy atom. The first-order chi connectivity index (χ1) is 14.0. The molecule has 1 aliphatic rings. The van der Waals surface area contributed by atoms with Crippen molar-refractivity contribution in [3.05, 3.63) is 64.5 Å². The highest BCUT2D eigenvalue weighted by molar-refractivity contribution is 6.30. The fraction of sp³-hybridized carbons (Fsp3) is 0.318. The molecule has 1 N–H and O–H groups in total. The standard InChI is InChI=1S/C22H23ClN4O2/c1-14-9-10-18(12-15(14)2)24-22(28)27-11-4-3-8-19(27)21-25-20(26-29-21)16-6-5-7-17(23)13-16/h5-7,9-10,12-13,19H,3-4,8,11H2,1-2H3,(H,24,28)/t19-/m0/s1. The van der Waals surface area contributed by atoms with E-state index in [-0.39, 0.29) is 12.1 Å². The summed E-state index contributed by atoms with van der Waals surface area (Å²) in [6.45, 7) is 4.73. The van der Waals surface area contributed by atoms with E-state index in [2.05, 4.69) is 22.4 Å². The predicted molar refractivity (Wildman–Crippen MR) is 113 cm³/mol. The van der Waals surface area contributed by atoms with Crippen molar-refractivity contribution in [2.75, 3.05) is 11.9 Å². The van der Waals surface area contributed by atoms with Crippen LogP contribution in [0, 0.1) is 13.8 Å². The van der Waals surface area contributed by atoms with Gasteiger partial charge in [0, 0.05) is 22.8 Å². The van der Waals surface area contributed by atoms with Gasteiger partial charge in [-0.05, 0) is 68.5 Å². The highest BCUT2D eigenvalue weighted by Crippen LogP contribution is 2.32. The van der Waals surface area contributed by atoms with Crippen LogP contribution < -0.4 is 5.32 Å². The van der Waals surface area contributed by atoms with Crippen LogP contribution >= 0.6 is 11.6 Å². The lowest BCUT2D eigenvalue weighted by Gasteiger charge is -2.33. The fourth-order valence-electron chi connectivity index (χ4n) is 3.56. The number of benzene rings is 2. The highest BCUT2D eigenvalue weighted by atomic mass is 35.5. The summed E-state index contributed by atoms with van der Waals surface area (Å²) in [5.74, 6) is 0.928. The van der Waals surface area contributed by atoms with Crippen LogP contribution in [0.4, 0.5) is 10.5 Å². The van der Waals surface area contributed by atoms with Crippen molar-refractivity contribution in [1.82, 2.24) is 15.0 Å². The van der Waals surface area contributed by atoms with Gasteiger partial charge in [0.25, 0.3) is 0 Å². The third-order valence-corrected chi connectivity index (χ3v) is 5.57. The average Bonchev–Trinajstić information content (AvgIpc) is 3.21. The van der Waals surface area contributed by atoms with Gasteiger partial charge in [0.05, 0.1) is 0 Å². The van der Waals surface area contributed by atoms with Gasteiger partial charge in [-0.25, -0.2) is 4.79 Å². The molecule has 2 amide bonds. The maximum Gasteiger partial charge on any atom is 0.322 e. The van der Waals surface area contributed by atoms with Crippen LogP contribution in [0.2, 0.25) is 5.02 Å². The zero-order valence-corrected chi connectivity index (χ0v) is 17.2. The first kappa shape index (κ1) is 19.5. The molecule has 0 bridgehead atoms. The number of amides is 2. The van der Waals surface area contributed by atoms with Gasteiger partial charge in [0.1, 0.15) is 6.04 Å². The quantitative estimate of drug-likeness (QED) is 0.595.